The molecule has 29 heavy (non-hydrogen) atoms. The molecule has 0 aliphatic heterocycles. The normalized spacial score (nSPS) is 15.5. The molecule has 0 spiro atoms. The molecule has 0 saturated carbocycles. The highest BCUT2D eigenvalue weighted by molar-refractivity contribution is 6.07. The van der Waals surface area contributed by atoms with Crippen molar-refractivity contribution in [3.63, 3.8) is 0 Å². The van der Waals surface area contributed by atoms with Crippen LogP contribution in [-0.4, -0.2) is 30.7 Å². The number of fused-ring (bicyclic) bond motifs is 1. The first-order valence-electron chi connectivity index (χ1n) is 9.89. The number of hydrogen-bond acceptors (Lipinski definition) is 5. The molecule has 3 rings (SSSR count). The molecule has 0 radical (unpaired) electrons. The van der Waals surface area contributed by atoms with Crippen LogP contribution in [0.2, 0.25) is 0 Å². The number of para-hydroxylation sites is 1. The highest BCUT2D eigenvalue weighted by Crippen LogP contribution is 2.30. The van der Waals surface area contributed by atoms with Crippen LogP contribution in [0.25, 0.3) is 0 Å². The summed E-state index contributed by atoms with van der Waals surface area (Å²) in [5, 5.41) is 7.30. The molecule has 2 amide bonds. The number of nitrogens with one attached hydrogen (secondary N) is 2. The molecular weight excluding hydrogens is 370 g/mol. The number of benzene rings is 1. The molecule has 0 fully saturated rings. The van der Waals surface area contributed by atoms with Gasteiger partial charge in [0, 0.05) is 23.6 Å². The molecule has 1 aliphatic carbocycles. The van der Waals surface area contributed by atoms with Crippen LogP contribution >= 0.6 is 0 Å². The van der Waals surface area contributed by atoms with Crippen molar-refractivity contribution in [3.8, 4) is 5.75 Å². The van der Waals surface area contributed by atoms with Crippen LogP contribution in [0.4, 0.5) is 0 Å². The summed E-state index contributed by atoms with van der Waals surface area (Å²) in [5.74, 6) is 0.980. The molecule has 7 nitrogen and oxygen atoms in total. The van der Waals surface area contributed by atoms with Crippen molar-refractivity contribution in [3.05, 3.63) is 52.5 Å². The fourth-order valence-electron chi connectivity index (χ4n) is 3.40. The van der Waals surface area contributed by atoms with Gasteiger partial charge in [0.25, 0.3) is 11.8 Å². The number of hydrazone groups is 1. The first-order chi connectivity index (χ1) is 14.0. The van der Waals surface area contributed by atoms with Gasteiger partial charge in [0.2, 0.25) is 0 Å². The Balaban J connectivity index is 1.85. The second-order valence-corrected chi connectivity index (χ2v) is 7.19. The number of methoxy groups -OCH3 is 1. The zero-order valence-electron chi connectivity index (χ0n) is 17.3. The van der Waals surface area contributed by atoms with E-state index in [9.17, 15) is 9.59 Å². The Morgan fingerprint density at radius 3 is 2.72 bits per heavy atom. The maximum absolute atomic E-state index is 12.6. The number of ether oxygens (including phenoxy) is 1. The summed E-state index contributed by atoms with van der Waals surface area (Å²) < 4.78 is 11.1. The third-order valence-corrected chi connectivity index (χ3v) is 5.17. The fourth-order valence-corrected chi connectivity index (χ4v) is 3.40. The second kappa shape index (κ2) is 8.94. The van der Waals surface area contributed by atoms with E-state index in [1.807, 2.05) is 20.8 Å². The van der Waals surface area contributed by atoms with Crippen molar-refractivity contribution in [2.75, 3.05) is 7.11 Å². The largest absolute Gasteiger partial charge is 0.496 e. The summed E-state index contributed by atoms with van der Waals surface area (Å²) in [5.41, 5.74) is 5.33. The van der Waals surface area contributed by atoms with E-state index in [0.29, 0.717) is 23.5 Å². The SMILES string of the molecule is CCC(C)NC(=O)c1oc2c(c1C)/C(=N/NC(=O)c1ccccc1OC)CCC2. The van der Waals surface area contributed by atoms with Crippen LogP contribution in [0, 0.1) is 6.92 Å². The third-order valence-electron chi connectivity index (χ3n) is 5.17. The average molecular weight is 397 g/mol. The number of carbonyl (C=O) groups excluding carboxylic acids is 2. The molecule has 2 N–H and O–H groups in total. The fraction of sp³-hybridized carbons (Fsp3) is 0.409. The lowest BCUT2D eigenvalue weighted by Crippen LogP contribution is -2.32. The number of rotatable bonds is 6. The van der Waals surface area contributed by atoms with Crippen LogP contribution in [0.3, 0.4) is 0 Å². The Hall–Kier alpha value is -3.09. The average Bonchev–Trinajstić information content (AvgIpc) is 3.09. The van der Waals surface area contributed by atoms with Gasteiger partial charge in [-0.05, 0) is 45.2 Å². The molecule has 1 aliphatic rings. The predicted octanol–water partition coefficient (Wildman–Crippen LogP) is 3.60. The van der Waals surface area contributed by atoms with Crippen molar-refractivity contribution in [2.45, 2.75) is 52.5 Å². The van der Waals surface area contributed by atoms with Gasteiger partial charge in [-0.3, -0.25) is 9.59 Å². The van der Waals surface area contributed by atoms with Gasteiger partial charge in [0.15, 0.2) is 5.76 Å². The minimum Gasteiger partial charge on any atom is -0.496 e. The quantitative estimate of drug-likeness (QED) is 0.729. The van der Waals surface area contributed by atoms with E-state index in [4.69, 9.17) is 9.15 Å². The smallest absolute Gasteiger partial charge is 0.287 e. The second-order valence-electron chi connectivity index (χ2n) is 7.19. The van der Waals surface area contributed by atoms with Gasteiger partial charge in [0.1, 0.15) is 11.5 Å². The lowest BCUT2D eigenvalue weighted by atomic mass is 9.93. The summed E-state index contributed by atoms with van der Waals surface area (Å²) in [6.07, 6.45) is 3.13. The number of hydrogen-bond donors (Lipinski definition) is 2. The topological polar surface area (TPSA) is 92.9 Å². The first-order valence-corrected chi connectivity index (χ1v) is 9.89. The van der Waals surface area contributed by atoms with E-state index < -0.39 is 0 Å². The molecule has 154 valence electrons. The van der Waals surface area contributed by atoms with Crippen LogP contribution in [0.5, 0.6) is 5.75 Å². The maximum atomic E-state index is 12.6. The van der Waals surface area contributed by atoms with Gasteiger partial charge in [-0.15, -0.1) is 0 Å². The molecular formula is C22H27N3O4. The Labute approximate surface area is 170 Å². The van der Waals surface area contributed by atoms with Gasteiger partial charge in [0.05, 0.1) is 18.4 Å². The Bertz CT molecular complexity index is 946. The van der Waals surface area contributed by atoms with Gasteiger partial charge >= 0.3 is 0 Å². The summed E-state index contributed by atoms with van der Waals surface area (Å²) in [6.45, 7) is 5.83. The van der Waals surface area contributed by atoms with Crippen molar-refractivity contribution < 1.29 is 18.7 Å². The minimum atomic E-state index is -0.349. The maximum Gasteiger partial charge on any atom is 0.287 e. The summed E-state index contributed by atoms with van der Waals surface area (Å²) >= 11 is 0. The molecule has 1 aromatic carbocycles. The van der Waals surface area contributed by atoms with Gasteiger partial charge in [-0.2, -0.15) is 5.10 Å². The molecule has 0 bridgehead atoms. The standard InChI is InChI=1S/C22H27N3O4/c1-5-13(2)23-22(27)20-14(3)19-16(10-8-12-18(19)29-20)24-25-21(26)15-9-6-7-11-17(15)28-4/h6-7,9,11,13H,5,8,10,12H2,1-4H3,(H,23,27)(H,25,26)/b24-16+. The molecule has 7 heteroatoms. The zero-order chi connectivity index (χ0) is 21.0. The molecule has 1 atom stereocenters. The first kappa shape index (κ1) is 20.6. The monoisotopic (exact) mass is 397 g/mol. The van der Waals surface area contributed by atoms with Gasteiger partial charge in [-0.1, -0.05) is 19.1 Å². The Kier molecular flexibility index (Phi) is 6.36. The highest BCUT2D eigenvalue weighted by atomic mass is 16.5. The molecule has 2 aromatic rings. The van der Waals surface area contributed by atoms with E-state index in [1.54, 1.807) is 24.3 Å². The highest BCUT2D eigenvalue weighted by Gasteiger charge is 2.28. The molecule has 0 saturated heterocycles. The minimum absolute atomic E-state index is 0.0670. The van der Waals surface area contributed by atoms with Crippen molar-refractivity contribution in [1.29, 1.82) is 0 Å². The van der Waals surface area contributed by atoms with E-state index >= 15 is 0 Å². The third kappa shape index (κ3) is 4.34. The van der Waals surface area contributed by atoms with Crippen molar-refractivity contribution >= 4 is 17.5 Å². The number of furan rings is 1. The van der Waals surface area contributed by atoms with Crippen molar-refractivity contribution in [2.24, 2.45) is 5.10 Å². The Morgan fingerprint density at radius 2 is 2.00 bits per heavy atom. The predicted molar refractivity (Wildman–Crippen MR) is 111 cm³/mol. The molecule has 1 heterocycles. The van der Waals surface area contributed by atoms with Crippen LogP contribution in [-0.2, 0) is 6.42 Å². The number of amides is 2. The van der Waals surface area contributed by atoms with Crippen LogP contribution < -0.4 is 15.5 Å². The number of nitrogens with zero attached hydrogens (tertiary/aromatic N) is 1. The number of aryl methyl sites for hydroxylation is 1. The van der Waals surface area contributed by atoms with Crippen LogP contribution in [0.1, 0.15) is 70.9 Å². The summed E-state index contributed by atoms with van der Waals surface area (Å²) in [4.78, 5) is 25.1. The van der Waals surface area contributed by atoms with Crippen molar-refractivity contribution in [1.82, 2.24) is 10.7 Å². The summed E-state index contributed by atoms with van der Waals surface area (Å²) in [7, 11) is 1.52. The zero-order valence-corrected chi connectivity index (χ0v) is 17.3. The number of carbonyl (C=O) groups is 2. The van der Waals surface area contributed by atoms with E-state index in [-0.39, 0.29) is 17.9 Å². The van der Waals surface area contributed by atoms with E-state index in [1.165, 1.54) is 7.11 Å². The molecule has 1 unspecified atom stereocenters. The van der Waals surface area contributed by atoms with E-state index in [0.717, 1.165) is 41.9 Å². The lowest BCUT2D eigenvalue weighted by Gasteiger charge is -2.14. The van der Waals surface area contributed by atoms with Gasteiger partial charge in [-0.25, -0.2) is 5.43 Å². The Morgan fingerprint density at radius 1 is 1.24 bits per heavy atom. The van der Waals surface area contributed by atoms with E-state index in [2.05, 4.69) is 15.8 Å². The summed E-state index contributed by atoms with van der Waals surface area (Å²) in [6, 6.07) is 7.04. The molecule has 1 aromatic heterocycles. The van der Waals surface area contributed by atoms with Gasteiger partial charge < -0.3 is 14.5 Å². The van der Waals surface area contributed by atoms with Crippen LogP contribution in [0.15, 0.2) is 33.8 Å². The lowest BCUT2D eigenvalue weighted by molar-refractivity contribution is 0.0907.